The first-order chi connectivity index (χ1) is 14.3. The number of nitrogens with one attached hydrogen (secondary N) is 2. The fraction of sp³-hybridized carbons (Fsp3) is 0.474. The van der Waals surface area contributed by atoms with Crippen molar-refractivity contribution in [3.8, 4) is 0 Å². The van der Waals surface area contributed by atoms with Gasteiger partial charge in [0.2, 0.25) is 17.4 Å². The summed E-state index contributed by atoms with van der Waals surface area (Å²) in [5, 5.41) is 9.35. The molecule has 3 atom stereocenters. The molecule has 2 fully saturated rings. The first-order valence-electron chi connectivity index (χ1n) is 9.51. The van der Waals surface area contributed by atoms with Gasteiger partial charge in [0.15, 0.2) is 11.2 Å². The molecule has 9 nitrogen and oxygen atoms in total. The Kier molecular flexibility index (Phi) is 4.13. The SMILES string of the molecule is CSc1noc2c(F)c3c(cc12)CC1(C(=O)NC(=O)NC1=O)[C@H]1[C@H](C)O[C@H](C)CN31. The quantitative estimate of drug-likeness (QED) is 0.514. The highest BCUT2D eigenvalue weighted by atomic mass is 32.2. The van der Waals surface area contributed by atoms with Gasteiger partial charge in [-0.3, -0.25) is 20.2 Å². The summed E-state index contributed by atoms with van der Waals surface area (Å²) < 4.78 is 26.8. The Balaban J connectivity index is 1.79. The molecule has 2 aromatic rings. The van der Waals surface area contributed by atoms with Crippen LogP contribution in [-0.2, 0) is 20.7 Å². The fourth-order valence-corrected chi connectivity index (χ4v) is 5.56. The molecule has 5 rings (SSSR count). The van der Waals surface area contributed by atoms with E-state index in [0.717, 1.165) is 0 Å². The zero-order chi connectivity index (χ0) is 21.4. The molecular weight excluding hydrogens is 415 g/mol. The second-order valence-electron chi connectivity index (χ2n) is 7.90. The second-order valence-corrected chi connectivity index (χ2v) is 8.70. The largest absolute Gasteiger partial charge is 0.372 e. The van der Waals surface area contributed by atoms with E-state index < -0.39 is 41.2 Å². The van der Waals surface area contributed by atoms with E-state index in [2.05, 4.69) is 15.8 Å². The van der Waals surface area contributed by atoms with Crippen LogP contribution in [-0.4, -0.2) is 54.1 Å². The van der Waals surface area contributed by atoms with Crippen molar-refractivity contribution in [2.24, 2.45) is 5.41 Å². The van der Waals surface area contributed by atoms with E-state index in [1.54, 1.807) is 24.1 Å². The molecular formula is C19H19FN4O5S. The summed E-state index contributed by atoms with van der Waals surface area (Å²) in [7, 11) is 0. The molecule has 1 aromatic carbocycles. The van der Waals surface area contributed by atoms with Crippen molar-refractivity contribution in [1.82, 2.24) is 15.8 Å². The van der Waals surface area contributed by atoms with Crippen LogP contribution in [0.2, 0.25) is 0 Å². The van der Waals surface area contributed by atoms with Gasteiger partial charge < -0.3 is 14.2 Å². The number of ether oxygens (including phenoxy) is 1. The van der Waals surface area contributed by atoms with E-state index in [0.29, 0.717) is 16.0 Å². The lowest BCUT2D eigenvalue weighted by Crippen LogP contribution is -2.75. The molecule has 0 saturated carbocycles. The van der Waals surface area contributed by atoms with E-state index in [9.17, 15) is 14.4 Å². The van der Waals surface area contributed by atoms with E-state index in [-0.39, 0.29) is 30.3 Å². The molecule has 3 aliphatic heterocycles. The van der Waals surface area contributed by atoms with Gasteiger partial charge in [0.1, 0.15) is 5.03 Å². The van der Waals surface area contributed by atoms with Crippen molar-refractivity contribution in [3.05, 3.63) is 17.4 Å². The lowest BCUT2D eigenvalue weighted by atomic mass is 9.66. The molecule has 0 bridgehead atoms. The van der Waals surface area contributed by atoms with E-state index in [4.69, 9.17) is 9.26 Å². The van der Waals surface area contributed by atoms with Crippen LogP contribution in [0.25, 0.3) is 11.0 Å². The van der Waals surface area contributed by atoms with E-state index in [1.807, 2.05) is 6.92 Å². The Hall–Kier alpha value is -2.66. The molecule has 4 amide bonds. The minimum absolute atomic E-state index is 0.0346. The number of hydrogen-bond donors (Lipinski definition) is 2. The Morgan fingerprint density at radius 1 is 1.27 bits per heavy atom. The van der Waals surface area contributed by atoms with Crippen LogP contribution in [0.4, 0.5) is 14.9 Å². The van der Waals surface area contributed by atoms with Gasteiger partial charge in [0, 0.05) is 13.0 Å². The Morgan fingerprint density at radius 2 is 1.97 bits per heavy atom. The number of rotatable bonds is 1. The maximum absolute atomic E-state index is 15.7. The summed E-state index contributed by atoms with van der Waals surface area (Å²) >= 11 is 1.31. The van der Waals surface area contributed by atoms with Gasteiger partial charge in [-0.1, -0.05) is 5.16 Å². The molecule has 30 heavy (non-hydrogen) atoms. The summed E-state index contributed by atoms with van der Waals surface area (Å²) in [4.78, 5) is 39.6. The summed E-state index contributed by atoms with van der Waals surface area (Å²) in [6.07, 6.45) is 0.883. The van der Waals surface area contributed by atoms with Gasteiger partial charge in [-0.15, -0.1) is 11.8 Å². The van der Waals surface area contributed by atoms with Crippen molar-refractivity contribution < 1.29 is 28.0 Å². The minimum Gasteiger partial charge on any atom is -0.372 e. The lowest BCUT2D eigenvalue weighted by Gasteiger charge is -2.55. The number of anilines is 1. The van der Waals surface area contributed by atoms with Crippen molar-refractivity contribution in [3.63, 3.8) is 0 Å². The maximum atomic E-state index is 15.7. The number of halogens is 1. The van der Waals surface area contributed by atoms with Gasteiger partial charge in [-0.2, -0.15) is 0 Å². The number of hydrogen-bond acceptors (Lipinski definition) is 8. The Labute approximate surface area is 174 Å². The Morgan fingerprint density at radius 3 is 2.63 bits per heavy atom. The highest BCUT2D eigenvalue weighted by Gasteiger charge is 2.63. The smallest absolute Gasteiger partial charge is 0.328 e. The van der Waals surface area contributed by atoms with Gasteiger partial charge >= 0.3 is 6.03 Å². The molecule has 1 aromatic heterocycles. The van der Waals surface area contributed by atoms with Crippen LogP contribution in [0.5, 0.6) is 0 Å². The lowest BCUT2D eigenvalue weighted by molar-refractivity contribution is -0.153. The number of amides is 4. The molecule has 3 aliphatic rings. The van der Waals surface area contributed by atoms with Gasteiger partial charge in [0.05, 0.1) is 29.3 Å². The van der Waals surface area contributed by atoms with Crippen LogP contribution >= 0.6 is 11.8 Å². The molecule has 0 unspecified atom stereocenters. The molecule has 11 heteroatoms. The molecule has 158 valence electrons. The molecule has 2 N–H and O–H groups in total. The highest BCUT2D eigenvalue weighted by Crippen LogP contribution is 2.49. The highest BCUT2D eigenvalue weighted by molar-refractivity contribution is 7.98. The zero-order valence-corrected chi connectivity index (χ0v) is 17.3. The molecule has 1 spiro atoms. The molecule has 0 radical (unpaired) electrons. The number of fused-ring (bicyclic) bond motifs is 5. The molecule has 2 saturated heterocycles. The number of barbiturate groups is 1. The number of nitrogens with zero attached hydrogens (tertiary/aromatic N) is 2. The zero-order valence-electron chi connectivity index (χ0n) is 16.4. The van der Waals surface area contributed by atoms with Crippen LogP contribution in [0.3, 0.4) is 0 Å². The number of morpholine rings is 1. The third-order valence-corrected chi connectivity index (χ3v) is 6.81. The number of thioether (sulfide) groups is 1. The monoisotopic (exact) mass is 434 g/mol. The standard InChI is InChI=1S/C19H19FN4O5S/c1-7-6-24-12-9(4-10-13(11(12)20)29-23-15(10)30-3)5-19(14(24)8(2)28-7)16(25)21-18(27)22-17(19)26/h4,7-8,14H,5-6H2,1-3H3,(H2,21,22,25,26,27)/t7-,8+,14-/m1/s1. The van der Waals surface area contributed by atoms with Crippen LogP contribution in [0.15, 0.2) is 15.6 Å². The molecule has 0 aliphatic carbocycles. The van der Waals surface area contributed by atoms with Gasteiger partial charge in [-0.25, -0.2) is 9.18 Å². The average molecular weight is 434 g/mol. The fourth-order valence-electron chi connectivity index (χ4n) is 5.07. The van der Waals surface area contributed by atoms with Crippen molar-refractivity contribution in [2.75, 3.05) is 17.7 Å². The number of imide groups is 2. The first kappa shape index (κ1) is 19.3. The Bertz CT molecular complexity index is 1100. The summed E-state index contributed by atoms with van der Waals surface area (Å²) in [6.45, 7) is 3.85. The van der Waals surface area contributed by atoms with Crippen molar-refractivity contribution in [2.45, 2.75) is 43.5 Å². The van der Waals surface area contributed by atoms with Gasteiger partial charge in [-0.05, 0) is 31.7 Å². The second kappa shape index (κ2) is 6.42. The van der Waals surface area contributed by atoms with Crippen molar-refractivity contribution >= 4 is 46.3 Å². The topological polar surface area (TPSA) is 114 Å². The van der Waals surface area contributed by atoms with E-state index >= 15 is 4.39 Å². The average Bonchev–Trinajstić information content (AvgIpc) is 3.08. The first-order valence-corrected chi connectivity index (χ1v) is 10.7. The summed E-state index contributed by atoms with van der Waals surface area (Å²) in [5.74, 6) is -2.00. The summed E-state index contributed by atoms with van der Waals surface area (Å²) in [6, 6.07) is 0.0517. The van der Waals surface area contributed by atoms with Crippen LogP contribution in [0.1, 0.15) is 19.4 Å². The van der Waals surface area contributed by atoms with Gasteiger partial charge in [0.25, 0.3) is 0 Å². The van der Waals surface area contributed by atoms with Crippen LogP contribution < -0.4 is 15.5 Å². The third kappa shape index (κ3) is 2.38. The van der Waals surface area contributed by atoms with Crippen molar-refractivity contribution in [1.29, 1.82) is 0 Å². The predicted octanol–water partition coefficient (Wildman–Crippen LogP) is 1.58. The normalized spacial score (nSPS) is 27.7. The number of carbonyl (C=O) groups excluding carboxylic acids is 3. The predicted molar refractivity (Wildman–Crippen MR) is 105 cm³/mol. The summed E-state index contributed by atoms with van der Waals surface area (Å²) in [5.41, 5.74) is -0.846. The number of urea groups is 1. The maximum Gasteiger partial charge on any atom is 0.328 e. The molecule has 4 heterocycles. The third-order valence-electron chi connectivity index (χ3n) is 6.13. The number of benzene rings is 1. The van der Waals surface area contributed by atoms with E-state index in [1.165, 1.54) is 11.8 Å². The van der Waals surface area contributed by atoms with Crippen LogP contribution in [0, 0.1) is 11.2 Å². The number of aromatic nitrogens is 1. The number of carbonyl (C=O) groups is 3. The minimum atomic E-state index is -1.64.